The van der Waals surface area contributed by atoms with Gasteiger partial charge >= 0.3 is 0 Å². The van der Waals surface area contributed by atoms with Crippen molar-refractivity contribution in [2.45, 2.75) is 20.8 Å². The lowest BCUT2D eigenvalue weighted by atomic mass is 10.2. The summed E-state index contributed by atoms with van der Waals surface area (Å²) in [4.78, 5) is 24.5. The summed E-state index contributed by atoms with van der Waals surface area (Å²) in [7, 11) is 0. The highest BCUT2D eigenvalue weighted by molar-refractivity contribution is 8.18. The topological polar surface area (TPSA) is 39.1 Å². The van der Waals surface area contributed by atoms with E-state index in [0.717, 1.165) is 50.0 Å². The van der Waals surface area contributed by atoms with Crippen molar-refractivity contribution in [1.29, 1.82) is 0 Å². The minimum atomic E-state index is -0.131. The summed E-state index contributed by atoms with van der Waals surface area (Å²) in [6, 6.07) is 17.0. The second-order valence-electron chi connectivity index (χ2n) is 7.89. The maximum absolute atomic E-state index is 12.5. The van der Waals surface area contributed by atoms with Crippen molar-refractivity contribution in [2.24, 2.45) is 4.99 Å². The van der Waals surface area contributed by atoms with Gasteiger partial charge in [0, 0.05) is 50.6 Å². The molecule has 0 spiro atoms. The van der Waals surface area contributed by atoms with Crippen molar-refractivity contribution < 1.29 is 4.79 Å². The first-order chi connectivity index (χ1) is 15.1. The Labute approximate surface area is 189 Å². The van der Waals surface area contributed by atoms with Crippen LogP contribution in [0.2, 0.25) is 0 Å². The van der Waals surface area contributed by atoms with Crippen molar-refractivity contribution >= 4 is 40.3 Å². The van der Waals surface area contributed by atoms with Crippen molar-refractivity contribution in [3.8, 4) is 0 Å². The quantitative estimate of drug-likeness (QED) is 0.642. The number of carbonyl (C=O) groups excluding carboxylic acids is 1. The van der Waals surface area contributed by atoms with Crippen LogP contribution in [0.25, 0.3) is 6.08 Å². The van der Waals surface area contributed by atoms with Gasteiger partial charge in [-0.3, -0.25) is 4.79 Å². The highest BCUT2D eigenvalue weighted by atomic mass is 32.2. The fraction of sp³-hybridized carbons (Fsp3) is 0.360. The number of aryl methyl sites for hydroxylation is 1. The zero-order chi connectivity index (χ0) is 21.8. The molecule has 162 valence electrons. The Hall–Kier alpha value is -2.73. The maximum Gasteiger partial charge on any atom is 0.286 e. The van der Waals surface area contributed by atoms with E-state index in [1.165, 1.54) is 28.7 Å². The van der Waals surface area contributed by atoms with Crippen LogP contribution in [0, 0.1) is 6.92 Å². The van der Waals surface area contributed by atoms with Crippen LogP contribution in [-0.4, -0.2) is 55.2 Å². The van der Waals surface area contributed by atoms with Crippen LogP contribution in [0.4, 0.5) is 11.4 Å². The lowest BCUT2D eigenvalue weighted by Crippen LogP contribution is -2.47. The first-order valence-electron chi connectivity index (χ1n) is 11.0. The molecule has 6 heteroatoms. The molecule has 1 fully saturated rings. The molecule has 0 bridgehead atoms. The third-order valence-electron chi connectivity index (χ3n) is 5.85. The number of amidine groups is 1. The van der Waals surface area contributed by atoms with Gasteiger partial charge in [0.25, 0.3) is 5.91 Å². The number of carbonyl (C=O) groups is 1. The number of aliphatic imine (C=N–C) groups is 1. The fourth-order valence-corrected chi connectivity index (χ4v) is 5.00. The highest BCUT2D eigenvalue weighted by Gasteiger charge is 2.28. The number of hydrogen-bond acceptors (Lipinski definition) is 5. The average molecular weight is 435 g/mol. The van der Waals surface area contributed by atoms with Crippen LogP contribution < -0.4 is 9.80 Å². The Morgan fingerprint density at radius 1 is 1.00 bits per heavy atom. The Morgan fingerprint density at radius 3 is 2.32 bits per heavy atom. The predicted octanol–water partition coefficient (Wildman–Crippen LogP) is 4.63. The molecular formula is C25H30N4OS. The Bertz CT molecular complexity index is 987. The number of hydrogen-bond donors (Lipinski definition) is 0. The summed E-state index contributed by atoms with van der Waals surface area (Å²) in [6.07, 6.45) is 1.96. The van der Waals surface area contributed by atoms with Gasteiger partial charge in [-0.1, -0.05) is 24.3 Å². The average Bonchev–Trinajstić information content (AvgIpc) is 3.16. The van der Waals surface area contributed by atoms with Crippen LogP contribution in [-0.2, 0) is 4.79 Å². The van der Waals surface area contributed by atoms with Crippen LogP contribution in [0.3, 0.4) is 0 Å². The van der Waals surface area contributed by atoms with Gasteiger partial charge < -0.3 is 14.7 Å². The molecule has 0 aliphatic carbocycles. The molecule has 4 rings (SSSR count). The van der Waals surface area contributed by atoms with Gasteiger partial charge in [0.1, 0.15) is 0 Å². The number of amides is 1. The molecule has 0 unspecified atom stereocenters. The monoisotopic (exact) mass is 434 g/mol. The lowest BCUT2D eigenvalue weighted by Gasteiger charge is -2.36. The molecule has 0 N–H and O–H groups in total. The van der Waals surface area contributed by atoms with Crippen LogP contribution in [0.1, 0.15) is 25.0 Å². The molecule has 0 radical (unpaired) electrons. The lowest BCUT2D eigenvalue weighted by molar-refractivity contribution is -0.113. The third-order valence-corrected chi connectivity index (χ3v) is 6.89. The van der Waals surface area contributed by atoms with Gasteiger partial charge in [-0.25, -0.2) is 0 Å². The molecule has 2 aromatic carbocycles. The Kier molecular flexibility index (Phi) is 6.66. The molecule has 2 heterocycles. The minimum absolute atomic E-state index is 0.131. The zero-order valence-electron chi connectivity index (χ0n) is 18.5. The second kappa shape index (κ2) is 9.60. The summed E-state index contributed by atoms with van der Waals surface area (Å²) in [5.41, 5.74) is 4.79. The SMILES string of the molecule is CCN(CC)c1ccc(C=C2SC(N3CCN(c4cccc(C)c4)CC3)=NC2=O)cc1. The summed E-state index contributed by atoms with van der Waals surface area (Å²) in [5, 5.41) is 0.833. The van der Waals surface area contributed by atoms with Gasteiger partial charge in [-0.05, 0) is 74.0 Å². The first kappa shape index (κ1) is 21.5. The number of rotatable bonds is 5. The third kappa shape index (κ3) is 4.96. The van der Waals surface area contributed by atoms with Crippen LogP contribution >= 0.6 is 11.8 Å². The largest absolute Gasteiger partial charge is 0.372 e. The molecule has 2 aromatic rings. The number of thioether (sulfide) groups is 1. The Morgan fingerprint density at radius 2 is 1.68 bits per heavy atom. The zero-order valence-corrected chi connectivity index (χ0v) is 19.4. The van der Waals surface area contributed by atoms with E-state index in [2.05, 4.69) is 89.0 Å². The van der Waals surface area contributed by atoms with Gasteiger partial charge in [-0.15, -0.1) is 0 Å². The molecule has 2 aliphatic rings. The van der Waals surface area contributed by atoms with E-state index in [0.29, 0.717) is 4.91 Å². The molecule has 0 atom stereocenters. The summed E-state index contributed by atoms with van der Waals surface area (Å²) >= 11 is 1.50. The minimum Gasteiger partial charge on any atom is -0.372 e. The summed E-state index contributed by atoms with van der Waals surface area (Å²) in [6.45, 7) is 12.0. The Balaban J connectivity index is 1.37. The standard InChI is InChI=1S/C25H30N4OS/c1-4-27(5-2)21-11-9-20(10-12-21)18-23-24(30)26-25(31-23)29-15-13-28(14-16-29)22-8-6-7-19(3)17-22/h6-12,17-18H,4-5,13-16H2,1-3H3. The number of anilines is 2. The van der Waals surface area contributed by atoms with E-state index in [4.69, 9.17) is 0 Å². The van der Waals surface area contributed by atoms with E-state index in [-0.39, 0.29) is 5.91 Å². The number of piperazine rings is 1. The van der Waals surface area contributed by atoms with E-state index in [1.807, 2.05) is 6.08 Å². The second-order valence-corrected chi connectivity index (χ2v) is 8.90. The van der Waals surface area contributed by atoms with E-state index < -0.39 is 0 Å². The van der Waals surface area contributed by atoms with Gasteiger partial charge in [-0.2, -0.15) is 4.99 Å². The molecule has 1 saturated heterocycles. The highest BCUT2D eigenvalue weighted by Crippen LogP contribution is 2.31. The fourth-order valence-electron chi connectivity index (χ4n) is 4.04. The van der Waals surface area contributed by atoms with Crippen molar-refractivity contribution in [2.75, 3.05) is 49.1 Å². The van der Waals surface area contributed by atoms with E-state index in [1.54, 1.807) is 0 Å². The maximum atomic E-state index is 12.5. The summed E-state index contributed by atoms with van der Waals surface area (Å²) < 4.78 is 0. The van der Waals surface area contributed by atoms with Gasteiger partial charge in [0.15, 0.2) is 5.17 Å². The predicted molar refractivity (Wildman–Crippen MR) is 133 cm³/mol. The van der Waals surface area contributed by atoms with Crippen LogP contribution in [0.5, 0.6) is 0 Å². The van der Waals surface area contributed by atoms with E-state index >= 15 is 0 Å². The number of nitrogens with zero attached hydrogens (tertiary/aromatic N) is 4. The van der Waals surface area contributed by atoms with Crippen molar-refractivity contribution in [3.63, 3.8) is 0 Å². The molecule has 0 saturated carbocycles. The van der Waals surface area contributed by atoms with Crippen LogP contribution in [0.15, 0.2) is 58.4 Å². The molecule has 0 aromatic heterocycles. The molecule has 1 amide bonds. The van der Waals surface area contributed by atoms with Gasteiger partial charge in [0.2, 0.25) is 0 Å². The normalized spacial score (nSPS) is 18.0. The molecular weight excluding hydrogens is 404 g/mol. The molecule has 31 heavy (non-hydrogen) atoms. The molecule has 5 nitrogen and oxygen atoms in total. The first-order valence-corrected chi connectivity index (χ1v) is 11.8. The van der Waals surface area contributed by atoms with E-state index in [9.17, 15) is 4.79 Å². The summed E-state index contributed by atoms with van der Waals surface area (Å²) in [5.74, 6) is -0.131. The van der Waals surface area contributed by atoms with Gasteiger partial charge in [0.05, 0.1) is 4.91 Å². The molecule has 2 aliphatic heterocycles. The number of benzene rings is 2. The smallest absolute Gasteiger partial charge is 0.286 e. The van der Waals surface area contributed by atoms with Crippen molar-refractivity contribution in [1.82, 2.24) is 4.90 Å². The van der Waals surface area contributed by atoms with Crippen molar-refractivity contribution in [3.05, 3.63) is 64.6 Å².